The molecule has 21 heavy (non-hydrogen) atoms. The molecule has 0 amide bonds. The van der Waals surface area contributed by atoms with Crippen LogP contribution in [0.15, 0.2) is 0 Å². The van der Waals surface area contributed by atoms with Crippen LogP contribution in [0.25, 0.3) is 0 Å². The van der Waals surface area contributed by atoms with Crippen LogP contribution in [0.1, 0.15) is 45.4 Å². The van der Waals surface area contributed by atoms with Crippen LogP contribution in [-0.4, -0.2) is 47.0 Å². The van der Waals surface area contributed by atoms with E-state index in [1.807, 2.05) is 11.8 Å². The summed E-state index contributed by atoms with van der Waals surface area (Å²) < 4.78 is 0. The summed E-state index contributed by atoms with van der Waals surface area (Å²) in [5.41, 5.74) is 0.530. The molecule has 122 valence electrons. The summed E-state index contributed by atoms with van der Waals surface area (Å²) in [5, 5.41) is 22.3. The molecule has 4 saturated carbocycles. The molecule has 0 saturated heterocycles. The summed E-state index contributed by atoms with van der Waals surface area (Å²) in [7, 11) is 0. The Morgan fingerprint density at radius 2 is 1.67 bits per heavy atom. The van der Waals surface area contributed by atoms with Crippen LogP contribution in [-0.2, 0) is 0 Å². The van der Waals surface area contributed by atoms with Crippen LogP contribution in [0.5, 0.6) is 0 Å². The number of thioether (sulfide) groups is 1. The van der Waals surface area contributed by atoms with Gasteiger partial charge in [0.1, 0.15) is 0 Å². The van der Waals surface area contributed by atoms with Crippen molar-refractivity contribution < 1.29 is 10.2 Å². The van der Waals surface area contributed by atoms with Gasteiger partial charge in [0.15, 0.2) is 0 Å². The van der Waals surface area contributed by atoms with Gasteiger partial charge in [-0.2, -0.15) is 11.8 Å². The fraction of sp³-hybridized carbons (Fsp3) is 1.00. The second-order valence-electron chi connectivity index (χ2n) is 7.76. The zero-order valence-electron chi connectivity index (χ0n) is 13.3. The molecule has 4 bridgehead atoms. The van der Waals surface area contributed by atoms with E-state index in [2.05, 4.69) is 12.2 Å². The lowest BCUT2D eigenvalue weighted by Gasteiger charge is -2.59. The van der Waals surface area contributed by atoms with Crippen molar-refractivity contribution in [1.82, 2.24) is 5.32 Å². The molecule has 0 radical (unpaired) electrons. The highest BCUT2D eigenvalue weighted by Crippen LogP contribution is 2.61. The second kappa shape index (κ2) is 6.77. The first-order valence-corrected chi connectivity index (χ1v) is 9.90. The molecule has 2 unspecified atom stereocenters. The zero-order chi connectivity index (χ0) is 14.9. The molecule has 0 aromatic carbocycles. The first-order chi connectivity index (χ1) is 10.1. The predicted octanol–water partition coefficient (Wildman–Crippen LogP) is 2.27. The minimum absolute atomic E-state index is 0.115. The average molecular weight is 314 g/mol. The van der Waals surface area contributed by atoms with Gasteiger partial charge in [-0.3, -0.25) is 0 Å². The van der Waals surface area contributed by atoms with Crippen molar-refractivity contribution in [3.63, 3.8) is 0 Å². The van der Waals surface area contributed by atoms with Crippen LogP contribution < -0.4 is 5.32 Å². The summed E-state index contributed by atoms with van der Waals surface area (Å²) in [6, 6.07) is 0.590. The van der Waals surface area contributed by atoms with E-state index in [0.29, 0.717) is 17.2 Å². The molecule has 4 aliphatic carbocycles. The molecule has 0 heterocycles. The van der Waals surface area contributed by atoms with E-state index < -0.39 is 6.10 Å². The molecular formula is C17H31NO2S. The molecule has 4 heteroatoms. The van der Waals surface area contributed by atoms with E-state index in [4.69, 9.17) is 5.11 Å². The molecule has 4 rings (SSSR count). The third kappa shape index (κ3) is 3.44. The van der Waals surface area contributed by atoms with Gasteiger partial charge in [0.2, 0.25) is 0 Å². The van der Waals surface area contributed by atoms with Crippen LogP contribution in [0.4, 0.5) is 0 Å². The Hall–Kier alpha value is 0.230. The SMILES string of the molecule is CCNC(CSCC(O)CO)C12CC3CC(CC(C3)C1)C2. The van der Waals surface area contributed by atoms with Gasteiger partial charge in [-0.1, -0.05) is 6.92 Å². The van der Waals surface area contributed by atoms with Crippen molar-refractivity contribution in [1.29, 1.82) is 0 Å². The average Bonchev–Trinajstić information content (AvgIpc) is 2.44. The topological polar surface area (TPSA) is 52.5 Å². The van der Waals surface area contributed by atoms with Gasteiger partial charge in [-0.25, -0.2) is 0 Å². The Kier molecular flexibility index (Phi) is 5.19. The van der Waals surface area contributed by atoms with Crippen LogP contribution in [0, 0.1) is 23.2 Å². The molecule has 4 fully saturated rings. The minimum Gasteiger partial charge on any atom is -0.394 e. The molecule has 0 aromatic rings. The predicted molar refractivity (Wildman–Crippen MR) is 88.5 cm³/mol. The molecule has 0 aromatic heterocycles. The second-order valence-corrected chi connectivity index (χ2v) is 8.84. The minimum atomic E-state index is -0.561. The fourth-order valence-electron chi connectivity index (χ4n) is 5.68. The molecule has 3 nitrogen and oxygen atoms in total. The highest BCUT2D eigenvalue weighted by atomic mass is 32.2. The van der Waals surface area contributed by atoms with E-state index in [9.17, 15) is 5.11 Å². The van der Waals surface area contributed by atoms with E-state index in [1.54, 1.807) is 0 Å². The van der Waals surface area contributed by atoms with Crippen LogP contribution in [0.2, 0.25) is 0 Å². The summed E-state index contributed by atoms with van der Waals surface area (Å²) in [4.78, 5) is 0. The number of hydrogen-bond acceptors (Lipinski definition) is 4. The quantitative estimate of drug-likeness (QED) is 0.643. The number of aliphatic hydroxyl groups is 2. The lowest BCUT2D eigenvalue weighted by molar-refractivity contribution is -0.0691. The van der Waals surface area contributed by atoms with E-state index >= 15 is 0 Å². The molecule has 2 atom stereocenters. The highest BCUT2D eigenvalue weighted by Gasteiger charge is 2.53. The fourth-order valence-corrected chi connectivity index (χ4v) is 6.90. The standard InChI is InChI=1S/C17H31NO2S/c1-2-18-16(11-21-10-15(20)9-19)17-6-12-3-13(7-17)5-14(4-12)8-17/h12-16,18-20H,2-11H2,1H3. The van der Waals surface area contributed by atoms with E-state index in [-0.39, 0.29) is 6.61 Å². The van der Waals surface area contributed by atoms with Gasteiger partial charge < -0.3 is 15.5 Å². The Labute approximate surface area is 133 Å². The molecule has 0 aliphatic heterocycles. The Balaban J connectivity index is 1.63. The molecule has 4 aliphatic rings. The van der Waals surface area contributed by atoms with Crippen molar-refractivity contribution in [3.8, 4) is 0 Å². The van der Waals surface area contributed by atoms with Gasteiger partial charge in [-0.15, -0.1) is 0 Å². The first kappa shape index (κ1) is 16.1. The van der Waals surface area contributed by atoms with Crippen molar-refractivity contribution in [2.24, 2.45) is 23.2 Å². The lowest BCUT2D eigenvalue weighted by Crippen LogP contribution is -2.56. The van der Waals surface area contributed by atoms with E-state index in [1.165, 1.54) is 38.5 Å². The number of hydrogen-bond donors (Lipinski definition) is 3. The van der Waals surface area contributed by atoms with Crippen molar-refractivity contribution in [3.05, 3.63) is 0 Å². The lowest BCUT2D eigenvalue weighted by atomic mass is 9.48. The van der Waals surface area contributed by atoms with Crippen LogP contribution in [0.3, 0.4) is 0 Å². The van der Waals surface area contributed by atoms with Crippen molar-refractivity contribution in [2.45, 2.75) is 57.6 Å². The monoisotopic (exact) mass is 313 g/mol. The number of rotatable bonds is 8. The van der Waals surface area contributed by atoms with Crippen molar-refractivity contribution in [2.75, 3.05) is 24.7 Å². The zero-order valence-corrected chi connectivity index (χ0v) is 14.1. The Morgan fingerprint density at radius 3 is 2.14 bits per heavy atom. The summed E-state index contributed by atoms with van der Waals surface area (Å²) in [5.74, 6) is 4.71. The number of aliphatic hydroxyl groups excluding tert-OH is 2. The van der Waals surface area contributed by atoms with Gasteiger partial charge in [0, 0.05) is 17.5 Å². The largest absolute Gasteiger partial charge is 0.394 e. The summed E-state index contributed by atoms with van der Waals surface area (Å²) in [6.07, 6.45) is 8.21. The van der Waals surface area contributed by atoms with E-state index in [0.717, 1.165) is 30.1 Å². The molecule has 3 N–H and O–H groups in total. The maximum absolute atomic E-state index is 9.54. The summed E-state index contributed by atoms with van der Waals surface area (Å²) in [6.45, 7) is 3.13. The highest BCUT2D eigenvalue weighted by molar-refractivity contribution is 7.99. The number of nitrogens with one attached hydrogen (secondary N) is 1. The van der Waals surface area contributed by atoms with Gasteiger partial charge in [0.05, 0.1) is 12.7 Å². The Bertz CT molecular complexity index is 314. The summed E-state index contributed by atoms with van der Waals surface area (Å²) >= 11 is 1.81. The smallest absolute Gasteiger partial charge is 0.0861 e. The van der Waals surface area contributed by atoms with Crippen molar-refractivity contribution >= 4 is 11.8 Å². The van der Waals surface area contributed by atoms with Gasteiger partial charge in [-0.05, 0) is 68.2 Å². The van der Waals surface area contributed by atoms with Gasteiger partial charge >= 0.3 is 0 Å². The molecule has 0 spiro atoms. The molecular weight excluding hydrogens is 282 g/mol. The van der Waals surface area contributed by atoms with Crippen LogP contribution >= 0.6 is 11.8 Å². The maximum Gasteiger partial charge on any atom is 0.0861 e. The third-order valence-corrected chi connectivity index (χ3v) is 7.27. The first-order valence-electron chi connectivity index (χ1n) is 8.75. The Morgan fingerprint density at radius 1 is 1.10 bits per heavy atom. The normalized spacial score (nSPS) is 40.4. The maximum atomic E-state index is 9.54. The van der Waals surface area contributed by atoms with Gasteiger partial charge in [0.25, 0.3) is 0 Å². The third-order valence-electron chi connectivity index (χ3n) is 6.08.